The van der Waals surface area contributed by atoms with Crippen LogP contribution in [0.1, 0.15) is 18.4 Å². The summed E-state index contributed by atoms with van der Waals surface area (Å²) in [6.07, 6.45) is 2.82. The first-order chi connectivity index (χ1) is 8.79. The van der Waals surface area contributed by atoms with Gasteiger partial charge in [-0.25, -0.2) is 4.79 Å². The van der Waals surface area contributed by atoms with Crippen molar-refractivity contribution in [1.29, 1.82) is 0 Å². The fourth-order valence-electron chi connectivity index (χ4n) is 2.25. The Morgan fingerprint density at radius 1 is 1.28 bits per heavy atom. The van der Waals surface area contributed by atoms with Crippen LogP contribution in [0, 0.1) is 0 Å². The Hall–Kier alpha value is -1.55. The van der Waals surface area contributed by atoms with E-state index in [0.717, 1.165) is 31.5 Å². The number of amides is 2. The molecule has 2 amide bonds. The van der Waals surface area contributed by atoms with Crippen molar-refractivity contribution in [3.8, 4) is 0 Å². The van der Waals surface area contributed by atoms with E-state index < -0.39 is 0 Å². The van der Waals surface area contributed by atoms with Crippen LogP contribution in [0.15, 0.2) is 30.3 Å². The van der Waals surface area contributed by atoms with Crippen molar-refractivity contribution in [3.05, 3.63) is 35.9 Å². The second-order valence-electron chi connectivity index (χ2n) is 4.71. The topological polar surface area (TPSA) is 52.6 Å². The lowest BCUT2D eigenvalue weighted by molar-refractivity contribution is 0.190. The van der Waals surface area contributed by atoms with E-state index in [2.05, 4.69) is 5.32 Å². The SMILES string of the molecule is O=C(NC(CO)Cc1ccccc1)N1CCCC1. The standard InChI is InChI=1S/C14H20N2O2/c17-11-13(10-12-6-2-1-3-7-12)15-14(18)16-8-4-5-9-16/h1-3,6-7,13,17H,4-5,8-11H2,(H,15,18). The molecule has 0 spiro atoms. The third-order valence-corrected chi connectivity index (χ3v) is 3.27. The minimum absolute atomic E-state index is 0.0333. The van der Waals surface area contributed by atoms with Crippen molar-refractivity contribution in [2.24, 2.45) is 0 Å². The summed E-state index contributed by atoms with van der Waals surface area (Å²) in [5.74, 6) is 0. The normalized spacial score (nSPS) is 16.6. The van der Waals surface area contributed by atoms with Gasteiger partial charge in [-0.3, -0.25) is 0 Å². The molecule has 1 aliphatic rings. The molecule has 1 saturated heterocycles. The molecule has 2 N–H and O–H groups in total. The molecular weight excluding hydrogens is 228 g/mol. The summed E-state index contributed by atoms with van der Waals surface area (Å²) in [6.45, 7) is 1.62. The predicted molar refractivity (Wildman–Crippen MR) is 70.4 cm³/mol. The molecule has 1 heterocycles. The molecule has 0 radical (unpaired) electrons. The summed E-state index contributed by atoms with van der Waals surface area (Å²) >= 11 is 0. The highest BCUT2D eigenvalue weighted by Crippen LogP contribution is 2.08. The monoisotopic (exact) mass is 248 g/mol. The first kappa shape index (κ1) is 12.9. The van der Waals surface area contributed by atoms with Crippen molar-refractivity contribution in [2.75, 3.05) is 19.7 Å². The summed E-state index contributed by atoms with van der Waals surface area (Å²) in [4.78, 5) is 13.7. The number of aliphatic hydroxyl groups excluding tert-OH is 1. The number of urea groups is 1. The zero-order valence-corrected chi connectivity index (χ0v) is 10.5. The molecule has 4 heteroatoms. The van der Waals surface area contributed by atoms with E-state index in [1.54, 1.807) is 0 Å². The molecule has 2 rings (SSSR count). The maximum atomic E-state index is 11.9. The lowest BCUT2D eigenvalue weighted by Crippen LogP contribution is -2.46. The molecule has 1 unspecified atom stereocenters. The van der Waals surface area contributed by atoms with Crippen LogP contribution in [0.3, 0.4) is 0 Å². The Labute approximate surface area is 108 Å². The number of nitrogens with one attached hydrogen (secondary N) is 1. The number of rotatable bonds is 4. The summed E-state index contributed by atoms with van der Waals surface area (Å²) in [6, 6.07) is 9.64. The number of likely N-dealkylation sites (tertiary alicyclic amines) is 1. The Morgan fingerprint density at radius 2 is 1.94 bits per heavy atom. The van der Waals surface area contributed by atoms with E-state index >= 15 is 0 Å². The average Bonchev–Trinajstić information content (AvgIpc) is 2.93. The van der Waals surface area contributed by atoms with E-state index in [1.807, 2.05) is 35.2 Å². The van der Waals surface area contributed by atoms with Crippen LogP contribution >= 0.6 is 0 Å². The second kappa shape index (κ2) is 6.40. The van der Waals surface area contributed by atoms with Gasteiger partial charge in [0.05, 0.1) is 12.6 Å². The molecule has 0 aromatic heterocycles. The summed E-state index contributed by atoms with van der Waals surface area (Å²) in [7, 11) is 0. The van der Waals surface area contributed by atoms with E-state index in [-0.39, 0.29) is 18.7 Å². The minimum atomic E-state index is -0.208. The van der Waals surface area contributed by atoms with Gasteiger partial charge in [0, 0.05) is 13.1 Å². The highest BCUT2D eigenvalue weighted by atomic mass is 16.3. The molecule has 0 aliphatic carbocycles. The van der Waals surface area contributed by atoms with Gasteiger partial charge in [0.15, 0.2) is 0 Å². The van der Waals surface area contributed by atoms with Crippen molar-refractivity contribution >= 4 is 6.03 Å². The quantitative estimate of drug-likeness (QED) is 0.846. The zero-order chi connectivity index (χ0) is 12.8. The molecule has 0 saturated carbocycles. The second-order valence-corrected chi connectivity index (χ2v) is 4.71. The van der Waals surface area contributed by atoms with Gasteiger partial charge in [-0.05, 0) is 24.8 Å². The lowest BCUT2D eigenvalue weighted by atomic mass is 10.1. The van der Waals surface area contributed by atoms with Gasteiger partial charge in [-0.1, -0.05) is 30.3 Å². The first-order valence-electron chi connectivity index (χ1n) is 6.50. The summed E-state index contributed by atoms with van der Waals surface area (Å²) in [5.41, 5.74) is 1.12. The number of aliphatic hydroxyl groups is 1. The molecule has 18 heavy (non-hydrogen) atoms. The molecular formula is C14H20N2O2. The van der Waals surface area contributed by atoms with Crippen LogP contribution in [0.25, 0.3) is 0 Å². The molecule has 98 valence electrons. The maximum Gasteiger partial charge on any atom is 0.317 e. The third kappa shape index (κ3) is 3.47. The third-order valence-electron chi connectivity index (χ3n) is 3.27. The number of carbonyl (C=O) groups excluding carboxylic acids is 1. The summed E-state index contributed by atoms with van der Waals surface area (Å²) < 4.78 is 0. The van der Waals surface area contributed by atoms with Crippen molar-refractivity contribution in [2.45, 2.75) is 25.3 Å². The van der Waals surface area contributed by atoms with E-state index in [4.69, 9.17) is 0 Å². The number of nitrogens with zero attached hydrogens (tertiary/aromatic N) is 1. The average molecular weight is 248 g/mol. The van der Waals surface area contributed by atoms with Gasteiger partial charge in [0.2, 0.25) is 0 Å². The van der Waals surface area contributed by atoms with Crippen molar-refractivity contribution < 1.29 is 9.90 Å². The predicted octanol–water partition coefficient (Wildman–Crippen LogP) is 1.40. The van der Waals surface area contributed by atoms with Crippen LogP contribution in [-0.2, 0) is 6.42 Å². The highest BCUT2D eigenvalue weighted by Gasteiger charge is 2.20. The first-order valence-corrected chi connectivity index (χ1v) is 6.50. The van der Waals surface area contributed by atoms with E-state index in [9.17, 15) is 9.90 Å². The van der Waals surface area contributed by atoms with Gasteiger partial charge in [0.1, 0.15) is 0 Å². The Kier molecular flexibility index (Phi) is 4.59. The minimum Gasteiger partial charge on any atom is -0.394 e. The van der Waals surface area contributed by atoms with E-state index in [1.165, 1.54) is 0 Å². The molecule has 1 aromatic carbocycles. The Morgan fingerprint density at radius 3 is 2.56 bits per heavy atom. The highest BCUT2D eigenvalue weighted by molar-refractivity contribution is 5.74. The Bertz CT molecular complexity index is 375. The van der Waals surface area contributed by atoms with Gasteiger partial charge in [0.25, 0.3) is 0 Å². The van der Waals surface area contributed by atoms with E-state index in [0.29, 0.717) is 6.42 Å². The number of hydrogen-bond donors (Lipinski definition) is 2. The molecule has 4 nitrogen and oxygen atoms in total. The Balaban J connectivity index is 1.87. The van der Waals surface area contributed by atoms with Crippen LogP contribution in [0.5, 0.6) is 0 Å². The number of benzene rings is 1. The van der Waals surface area contributed by atoms with Gasteiger partial charge in [-0.2, -0.15) is 0 Å². The maximum absolute atomic E-state index is 11.9. The van der Waals surface area contributed by atoms with Gasteiger partial charge in [-0.15, -0.1) is 0 Å². The van der Waals surface area contributed by atoms with Crippen LogP contribution < -0.4 is 5.32 Å². The molecule has 1 atom stereocenters. The fourth-order valence-corrected chi connectivity index (χ4v) is 2.25. The van der Waals surface area contributed by atoms with Crippen LogP contribution in [0.2, 0.25) is 0 Å². The fraction of sp³-hybridized carbons (Fsp3) is 0.500. The van der Waals surface area contributed by atoms with Crippen LogP contribution in [-0.4, -0.2) is 41.8 Å². The largest absolute Gasteiger partial charge is 0.394 e. The number of carbonyl (C=O) groups is 1. The smallest absolute Gasteiger partial charge is 0.317 e. The zero-order valence-electron chi connectivity index (χ0n) is 10.5. The summed E-state index contributed by atoms with van der Waals surface area (Å²) in [5, 5.41) is 12.2. The molecule has 0 bridgehead atoms. The lowest BCUT2D eigenvalue weighted by Gasteiger charge is -2.21. The molecule has 1 aliphatic heterocycles. The van der Waals surface area contributed by atoms with Crippen LogP contribution in [0.4, 0.5) is 4.79 Å². The number of hydrogen-bond acceptors (Lipinski definition) is 2. The van der Waals surface area contributed by atoms with Gasteiger partial charge < -0.3 is 15.3 Å². The molecule has 1 fully saturated rings. The molecule has 1 aromatic rings. The van der Waals surface area contributed by atoms with Crippen molar-refractivity contribution in [1.82, 2.24) is 10.2 Å². The van der Waals surface area contributed by atoms with Crippen molar-refractivity contribution in [3.63, 3.8) is 0 Å². The van der Waals surface area contributed by atoms with Gasteiger partial charge >= 0.3 is 6.03 Å².